The van der Waals surface area contributed by atoms with E-state index in [2.05, 4.69) is 0 Å². The molecule has 3 nitrogen and oxygen atoms in total. The molecule has 21 heavy (non-hydrogen) atoms. The van der Waals surface area contributed by atoms with E-state index in [9.17, 15) is 18.0 Å². The van der Waals surface area contributed by atoms with E-state index in [1.54, 1.807) is 12.1 Å². The van der Waals surface area contributed by atoms with E-state index in [0.29, 0.717) is 0 Å². The molecule has 1 fully saturated rings. The fraction of sp³-hybridized carbons (Fsp3) is 0.467. The van der Waals surface area contributed by atoms with Crippen LogP contribution in [-0.2, 0) is 20.8 Å². The third-order valence-electron chi connectivity index (χ3n) is 3.65. The fourth-order valence-corrected chi connectivity index (χ4v) is 2.41. The van der Waals surface area contributed by atoms with E-state index >= 15 is 0 Å². The molecule has 2 rings (SSSR count). The Labute approximate surface area is 120 Å². The quantitative estimate of drug-likeness (QED) is 0.844. The Hall–Kier alpha value is -1.94. The van der Waals surface area contributed by atoms with Crippen molar-refractivity contribution in [2.24, 2.45) is 5.92 Å². The van der Waals surface area contributed by atoms with Crippen molar-refractivity contribution in [2.75, 3.05) is 0 Å². The Morgan fingerprint density at radius 3 is 2.05 bits per heavy atom. The maximum absolute atomic E-state index is 14.1. The van der Waals surface area contributed by atoms with Crippen LogP contribution in [0.1, 0.15) is 24.5 Å². The van der Waals surface area contributed by atoms with Gasteiger partial charge in [0.15, 0.2) is 5.67 Å². The maximum Gasteiger partial charge on any atom is 0.373 e. The summed E-state index contributed by atoms with van der Waals surface area (Å²) in [6.07, 6.45) is -0.290. The molecular weight excluding hydrogens is 285 g/mol. The zero-order chi connectivity index (χ0) is 16.3. The van der Waals surface area contributed by atoms with Crippen LogP contribution in [0.25, 0.3) is 0 Å². The molecule has 0 N–H and O–H groups in total. The first-order valence-electron chi connectivity index (χ1n) is 6.31. The molecule has 0 aliphatic heterocycles. The highest BCUT2D eigenvalue weighted by molar-refractivity contribution is 5.95. The Bertz CT molecular complexity index is 544. The van der Waals surface area contributed by atoms with E-state index in [-0.39, 0.29) is 12.6 Å². The molecule has 1 aromatic carbocycles. The Kier molecular flexibility index (Phi) is 5.07. The number of carbonyl (C=O) groups is 1. The Morgan fingerprint density at radius 1 is 1.19 bits per heavy atom. The first-order chi connectivity index (χ1) is 9.65. The molecule has 0 radical (unpaired) electrons. The number of aryl methyl sites for hydroxylation is 1. The van der Waals surface area contributed by atoms with Gasteiger partial charge in [0.25, 0.3) is 0 Å². The minimum absolute atomic E-state index is 0.161. The van der Waals surface area contributed by atoms with Gasteiger partial charge in [0.1, 0.15) is 0 Å². The molecule has 0 heterocycles. The van der Waals surface area contributed by atoms with Gasteiger partial charge in [0, 0.05) is 12.3 Å². The lowest BCUT2D eigenvalue weighted by Crippen LogP contribution is -2.37. The number of halogens is 3. The SMILES string of the molecule is Cc1ccc(CC2CC(F)(F)C(=O)C2(C)F)cc1.O=C=O. The minimum atomic E-state index is -3.53. The Balaban J connectivity index is 0.000000677. The number of hydrogen-bond acceptors (Lipinski definition) is 3. The minimum Gasteiger partial charge on any atom is -0.289 e. The Morgan fingerprint density at radius 2 is 1.67 bits per heavy atom. The number of alkyl halides is 3. The second-order valence-electron chi connectivity index (χ2n) is 5.28. The normalized spacial score (nSPS) is 26.7. The molecule has 6 heteroatoms. The maximum atomic E-state index is 14.1. The largest absolute Gasteiger partial charge is 0.373 e. The summed E-state index contributed by atoms with van der Waals surface area (Å²) >= 11 is 0. The molecule has 0 saturated heterocycles. The van der Waals surface area contributed by atoms with Crippen LogP contribution in [0.5, 0.6) is 0 Å². The third kappa shape index (κ3) is 3.79. The van der Waals surface area contributed by atoms with Gasteiger partial charge in [-0.05, 0) is 25.8 Å². The van der Waals surface area contributed by atoms with Crippen LogP contribution in [0.4, 0.5) is 13.2 Å². The second-order valence-corrected chi connectivity index (χ2v) is 5.28. The van der Waals surface area contributed by atoms with Crippen LogP contribution in [-0.4, -0.2) is 23.5 Å². The molecule has 114 valence electrons. The molecule has 2 unspecified atom stereocenters. The van der Waals surface area contributed by atoms with Gasteiger partial charge >= 0.3 is 12.1 Å². The number of carbonyl (C=O) groups excluding carboxylic acids is 3. The lowest BCUT2D eigenvalue weighted by molar-refractivity contribution is -0.191. The van der Waals surface area contributed by atoms with Gasteiger partial charge in [0.2, 0.25) is 5.78 Å². The summed E-state index contributed by atoms with van der Waals surface area (Å²) in [6.45, 7) is 2.88. The van der Waals surface area contributed by atoms with E-state index < -0.39 is 29.7 Å². The molecule has 1 aliphatic carbocycles. The van der Waals surface area contributed by atoms with Gasteiger partial charge in [0.05, 0.1) is 0 Å². The summed E-state index contributed by atoms with van der Waals surface area (Å²) in [5.74, 6) is -6.06. The predicted molar refractivity (Wildman–Crippen MR) is 67.5 cm³/mol. The molecule has 0 amide bonds. The van der Waals surface area contributed by atoms with Crippen LogP contribution in [0.3, 0.4) is 0 Å². The summed E-state index contributed by atoms with van der Waals surface area (Å²) in [6, 6.07) is 7.26. The summed E-state index contributed by atoms with van der Waals surface area (Å²) < 4.78 is 40.6. The summed E-state index contributed by atoms with van der Waals surface area (Å²) in [5, 5.41) is 0. The highest BCUT2D eigenvalue weighted by Gasteiger charge is 2.62. The van der Waals surface area contributed by atoms with Crippen LogP contribution in [0.15, 0.2) is 24.3 Å². The lowest BCUT2D eigenvalue weighted by atomic mass is 9.88. The molecule has 0 spiro atoms. The molecule has 0 bridgehead atoms. The van der Waals surface area contributed by atoms with Crippen molar-refractivity contribution in [1.82, 2.24) is 0 Å². The highest BCUT2D eigenvalue weighted by atomic mass is 19.3. The zero-order valence-corrected chi connectivity index (χ0v) is 11.7. The van der Waals surface area contributed by atoms with Crippen molar-refractivity contribution in [3.63, 3.8) is 0 Å². The van der Waals surface area contributed by atoms with E-state index in [4.69, 9.17) is 9.59 Å². The van der Waals surface area contributed by atoms with Crippen molar-refractivity contribution < 1.29 is 27.6 Å². The van der Waals surface area contributed by atoms with Gasteiger partial charge in [-0.3, -0.25) is 4.79 Å². The van der Waals surface area contributed by atoms with Crippen LogP contribution < -0.4 is 0 Å². The fourth-order valence-electron chi connectivity index (χ4n) is 2.41. The molecule has 1 aliphatic rings. The summed E-state index contributed by atoms with van der Waals surface area (Å²) in [5.41, 5.74) is -0.608. The first-order valence-corrected chi connectivity index (χ1v) is 6.31. The highest BCUT2D eigenvalue weighted by Crippen LogP contribution is 2.46. The zero-order valence-electron chi connectivity index (χ0n) is 11.7. The number of benzene rings is 1. The number of rotatable bonds is 2. The van der Waals surface area contributed by atoms with Crippen LogP contribution in [0, 0.1) is 12.8 Å². The standard InChI is InChI=1S/C14H15F3O.CO2/c1-9-3-5-10(6-4-9)7-11-8-14(16,17)12(18)13(11,2)15;2-1-3/h3-6,11H,7-8H2,1-2H3;. The molecule has 0 aromatic heterocycles. The van der Waals surface area contributed by atoms with Crippen molar-refractivity contribution in [3.8, 4) is 0 Å². The number of hydrogen-bond donors (Lipinski definition) is 0. The average Bonchev–Trinajstić information content (AvgIpc) is 2.54. The van der Waals surface area contributed by atoms with Gasteiger partial charge in [-0.25, -0.2) is 4.39 Å². The van der Waals surface area contributed by atoms with Crippen molar-refractivity contribution in [1.29, 1.82) is 0 Å². The van der Waals surface area contributed by atoms with Gasteiger partial charge in [-0.15, -0.1) is 0 Å². The smallest absolute Gasteiger partial charge is 0.289 e. The van der Waals surface area contributed by atoms with Crippen molar-refractivity contribution >= 4 is 11.9 Å². The van der Waals surface area contributed by atoms with Crippen LogP contribution >= 0.6 is 0 Å². The summed E-state index contributed by atoms with van der Waals surface area (Å²) in [7, 11) is 0. The lowest BCUT2D eigenvalue weighted by Gasteiger charge is -2.20. The first kappa shape index (κ1) is 17.1. The van der Waals surface area contributed by atoms with E-state index in [1.165, 1.54) is 0 Å². The van der Waals surface area contributed by atoms with Crippen molar-refractivity contribution in [3.05, 3.63) is 35.4 Å². The van der Waals surface area contributed by atoms with Gasteiger partial charge in [-0.2, -0.15) is 18.4 Å². The molecule has 1 aromatic rings. The van der Waals surface area contributed by atoms with Crippen LogP contribution in [0.2, 0.25) is 0 Å². The number of ketones is 1. The van der Waals surface area contributed by atoms with E-state index in [1.807, 2.05) is 19.1 Å². The molecular formula is C15H15F3O3. The van der Waals surface area contributed by atoms with Crippen molar-refractivity contribution in [2.45, 2.75) is 38.3 Å². The summed E-state index contributed by atoms with van der Waals surface area (Å²) in [4.78, 5) is 27.5. The average molecular weight is 300 g/mol. The molecule has 1 saturated carbocycles. The topological polar surface area (TPSA) is 51.2 Å². The third-order valence-corrected chi connectivity index (χ3v) is 3.65. The monoisotopic (exact) mass is 300 g/mol. The molecule has 2 atom stereocenters. The van der Waals surface area contributed by atoms with Gasteiger partial charge < -0.3 is 0 Å². The van der Waals surface area contributed by atoms with E-state index in [0.717, 1.165) is 18.1 Å². The second kappa shape index (κ2) is 6.22. The van der Waals surface area contributed by atoms with Gasteiger partial charge in [-0.1, -0.05) is 29.8 Å². The number of Topliss-reactive ketones (excluding diaryl/α,β-unsaturated/α-hetero) is 1. The predicted octanol–water partition coefficient (Wildman–Crippen LogP) is 2.91.